The fraction of sp³-hybridized carbons (Fsp3) is 0. The minimum absolute atomic E-state index is 0.0158. The Morgan fingerprint density at radius 1 is 1.14 bits per heavy atom. The molecule has 8 heteroatoms. The number of carbonyl (C=O) groups is 1. The lowest BCUT2D eigenvalue weighted by molar-refractivity contribution is 0.0696. The molecular formula is C14H10N2O5S. The molecule has 7 nitrogen and oxygen atoms in total. The highest BCUT2D eigenvalue weighted by Gasteiger charge is 2.15. The van der Waals surface area contributed by atoms with E-state index in [4.69, 9.17) is 9.52 Å². The quantitative estimate of drug-likeness (QED) is 0.764. The number of carboxylic acids is 1. The molecule has 0 amide bonds. The van der Waals surface area contributed by atoms with Gasteiger partial charge in [-0.1, -0.05) is 0 Å². The van der Waals surface area contributed by atoms with Crippen molar-refractivity contribution in [1.82, 2.24) is 4.98 Å². The number of fused-ring (bicyclic) bond motifs is 1. The Kier molecular flexibility index (Phi) is 3.30. The van der Waals surface area contributed by atoms with Gasteiger partial charge in [0.25, 0.3) is 10.0 Å². The van der Waals surface area contributed by atoms with Crippen molar-refractivity contribution in [1.29, 1.82) is 0 Å². The van der Waals surface area contributed by atoms with Crippen LogP contribution in [-0.2, 0) is 10.0 Å². The topological polar surface area (TPSA) is 110 Å². The van der Waals surface area contributed by atoms with Gasteiger partial charge in [-0.2, -0.15) is 0 Å². The summed E-state index contributed by atoms with van der Waals surface area (Å²) >= 11 is 0. The molecule has 2 aromatic carbocycles. The Labute approximate surface area is 125 Å². The lowest BCUT2D eigenvalue weighted by Gasteiger charge is -2.08. The summed E-state index contributed by atoms with van der Waals surface area (Å²) in [6.45, 7) is 0. The van der Waals surface area contributed by atoms with E-state index >= 15 is 0 Å². The molecule has 0 saturated heterocycles. The van der Waals surface area contributed by atoms with Crippen LogP contribution in [0, 0.1) is 0 Å². The van der Waals surface area contributed by atoms with Gasteiger partial charge in [-0.25, -0.2) is 18.2 Å². The Morgan fingerprint density at radius 3 is 2.55 bits per heavy atom. The average Bonchev–Trinajstić information content (AvgIpc) is 2.94. The van der Waals surface area contributed by atoms with Gasteiger partial charge in [0.1, 0.15) is 5.52 Å². The van der Waals surface area contributed by atoms with Crippen LogP contribution in [0.3, 0.4) is 0 Å². The number of aromatic carboxylic acids is 1. The number of carboxylic acid groups (broad SMARTS) is 1. The fourth-order valence-corrected chi connectivity index (χ4v) is 2.96. The van der Waals surface area contributed by atoms with Crippen molar-refractivity contribution < 1.29 is 22.7 Å². The molecule has 3 aromatic rings. The highest BCUT2D eigenvalue weighted by atomic mass is 32.2. The second kappa shape index (κ2) is 5.15. The summed E-state index contributed by atoms with van der Waals surface area (Å²) in [5, 5.41) is 8.81. The maximum absolute atomic E-state index is 12.3. The first-order chi connectivity index (χ1) is 10.5. The Morgan fingerprint density at radius 2 is 1.86 bits per heavy atom. The molecule has 0 fully saturated rings. The molecule has 112 valence electrons. The van der Waals surface area contributed by atoms with E-state index in [-0.39, 0.29) is 10.5 Å². The SMILES string of the molecule is O=C(O)c1ccc(S(=O)(=O)Nc2ccc3ncoc3c2)cc1. The molecule has 2 N–H and O–H groups in total. The largest absolute Gasteiger partial charge is 0.478 e. The van der Waals surface area contributed by atoms with Crippen LogP contribution < -0.4 is 4.72 Å². The predicted molar refractivity (Wildman–Crippen MR) is 78.2 cm³/mol. The first-order valence-electron chi connectivity index (χ1n) is 6.15. The molecule has 1 heterocycles. The van der Waals surface area contributed by atoms with Crippen LogP contribution >= 0.6 is 0 Å². The average molecular weight is 318 g/mol. The van der Waals surface area contributed by atoms with E-state index in [2.05, 4.69) is 9.71 Å². The van der Waals surface area contributed by atoms with E-state index < -0.39 is 16.0 Å². The number of sulfonamides is 1. The van der Waals surface area contributed by atoms with Crippen molar-refractivity contribution in [3.8, 4) is 0 Å². The molecule has 0 saturated carbocycles. The molecule has 0 aliphatic rings. The third-order valence-electron chi connectivity index (χ3n) is 3.00. The minimum atomic E-state index is -3.81. The number of nitrogens with one attached hydrogen (secondary N) is 1. The zero-order chi connectivity index (χ0) is 15.7. The van der Waals surface area contributed by atoms with Gasteiger partial charge in [-0.3, -0.25) is 4.72 Å². The fourth-order valence-electron chi connectivity index (χ4n) is 1.91. The maximum atomic E-state index is 12.3. The zero-order valence-electron chi connectivity index (χ0n) is 11.1. The highest BCUT2D eigenvalue weighted by molar-refractivity contribution is 7.92. The molecule has 0 atom stereocenters. The van der Waals surface area contributed by atoms with E-state index in [1.54, 1.807) is 12.1 Å². The molecule has 22 heavy (non-hydrogen) atoms. The van der Waals surface area contributed by atoms with E-state index in [0.29, 0.717) is 16.8 Å². The van der Waals surface area contributed by atoms with Gasteiger partial charge < -0.3 is 9.52 Å². The van der Waals surface area contributed by atoms with Gasteiger partial charge in [-0.15, -0.1) is 0 Å². The van der Waals surface area contributed by atoms with Gasteiger partial charge in [0.15, 0.2) is 12.0 Å². The summed E-state index contributed by atoms with van der Waals surface area (Å²) in [4.78, 5) is 14.7. The van der Waals surface area contributed by atoms with Gasteiger partial charge in [0.2, 0.25) is 0 Å². The number of anilines is 1. The molecule has 0 spiro atoms. The van der Waals surface area contributed by atoms with Crippen LogP contribution in [0.5, 0.6) is 0 Å². The normalized spacial score (nSPS) is 11.5. The summed E-state index contributed by atoms with van der Waals surface area (Å²) in [6, 6.07) is 9.65. The second-order valence-corrected chi connectivity index (χ2v) is 6.15. The second-order valence-electron chi connectivity index (χ2n) is 4.47. The van der Waals surface area contributed by atoms with Crippen molar-refractivity contribution in [2.24, 2.45) is 0 Å². The van der Waals surface area contributed by atoms with E-state index in [9.17, 15) is 13.2 Å². The lowest BCUT2D eigenvalue weighted by atomic mass is 10.2. The van der Waals surface area contributed by atoms with Crippen molar-refractivity contribution >= 4 is 32.8 Å². The van der Waals surface area contributed by atoms with Gasteiger partial charge in [0.05, 0.1) is 16.1 Å². The first kappa shape index (κ1) is 14.1. The Bertz CT molecular complexity index is 945. The molecule has 3 rings (SSSR count). The van der Waals surface area contributed by atoms with Crippen LogP contribution in [-0.4, -0.2) is 24.5 Å². The molecule has 0 unspecified atom stereocenters. The standard InChI is InChI=1S/C14H10N2O5S/c17-14(18)9-1-4-11(5-2-9)22(19,20)16-10-3-6-12-13(7-10)21-8-15-12/h1-8,16H,(H,17,18). The number of nitrogens with zero attached hydrogens (tertiary/aromatic N) is 1. The van der Waals surface area contributed by atoms with Crippen molar-refractivity contribution in [2.75, 3.05) is 4.72 Å². The zero-order valence-corrected chi connectivity index (χ0v) is 11.9. The monoisotopic (exact) mass is 318 g/mol. The van der Waals surface area contributed by atoms with Gasteiger partial charge in [-0.05, 0) is 36.4 Å². The third kappa shape index (κ3) is 2.63. The number of oxazole rings is 1. The number of hydrogen-bond donors (Lipinski definition) is 2. The van der Waals surface area contributed by atoms with Crippen molar-refractivity contribution in [3.63, 3.8) is 0 Å². The predicted octanol–water partition coefficient (Wildman–Crippen LogP) is 2.33. The lowest BCUT2D eigenvalue weighted by Crippen LogP contribution is -2.13. The Hall–Kier alpha value is -2.87. The summed E-state index contributed by atoms with van der Waals surface area (Å²) in [5.74, 6) is -1.12. The molecule has 1 aromatic heterocycles. The molecule has 0 aliphatic heterocycles. The summed E-state index contributed by atoms with van der Waals surface area (Å²) in [5.41, 5.74) is 1.42. The molecule has 0 radical (unpaired) electrons. The van der Waals surface area contributed by atoms with Crippen LogP contribution in [0.25, 0.3) is 11.1 Å². The van der Waals surface area contributed by atoms with Crippen molar-refractivity contribution in [3.05, 3.63) is 54.4 Å². The van der Waals surface area contributed by atoms with Crippen molar-refractivity contribution in [2.45, 2.75) is 4.90 Å². The van der Waals surface area contributed by atoms with Crippen LogP contribution in [0.1, 0.15) is 10.4 Å². The number of benzene rings is 2. The number of hydrogen-bond acceptors (Lipinski definition) is 5. The van der Waals surface area contributed by atoms with E-state index in [0.717, 1.165) is 0 Å². The van der Waals surface area contributed by atoms with Crippen LogP contribution in [0.15, 0.2) is 58.2 Å². The first-order valence-corrected chi connectivity index (χ1v) is 7.63. The molecule has 0 aliphatic carbocycles. The van der Waals surface area contributed by atoms with Crippen LogP contribution in [0.2, 0.25) is 0 Å². The summed E-state index contributed by atoms with van der Waals surface area (Å²) in [7, 11) is -3.81. The third-order valence-corrected chi connectivity index (χ3v) is 4.39. The number of aromatic nitrogens is 1. The van der Waals surface area contributed by atoms with E-state index in [1.807, 2.05) is 0 Å². The molecule has 0 bridgehead atoms. The Balaban J connectivity index is 1.90. The van der Waals surface area contributed by atoms with Crippen LogP contribution in [0.4, 0.5) is 5.69 Å². The smallest absolute Gasteiger partial charge is 0.335 e. The summed E-state index contributed by atoms with van der Waals surface area (Å²) in [6.07, 6.45) is 1.27. The highest BCUT2D eigenvalue weighted by Crippen LogP contribution is 2.21. The summed E-state index contributed by atoms with van der Waals surface area (Å²) < 4.78 is 32.0. The maximum Gasteiger partial charge on any atom is 0.335 e. The molecular weight excluding hydrogens is 308 g/mol. The van der Waals surface area contributed by atoms with E-state index in [1.165, 1.54) is 36.7 Å². The number of rotatable bonds is 4. The van der Waals surface area contributed by atoms with Gasteiger partial charge >= 0.3 is 5.97 Å². The minimum Gasteiger partial charge on any atom is -0.478 e. The van der Waals surface area contributed by atoms with Gasteiger partial charge in [0, 0.05) is 6.07 Å².